The SMILES string of the molecule is O=C(OCc1nc(-c2cccs2)no1)c1ccc2c(c1)OCCO2. The first-order valence-corrected chi connectivity index (χ1v) is 8.11. The molecule has 0 amide bonds. The van der Waals surface area contributed by atoms with Crippen molar-refractivity contribution in [3.8, 4) is 22.2 Å². The molecule has 3 aromatic rings. The lowest BCUT2D eigenvalue weighted by Gasteiger charge is -2.18. The summed E-state index contributed by atoms with van der Waals surface area (Å²) >= 11 is 1.51. The molecule has 7 nitrogen and oxygen atoms in total. The summed E-state index contributed by atoms with van der Waals surface area (Å²) in [7, 11) is 0. The molecule has 0 saturated carbocycles. The van der Waals surface area contributed by atoms with E-state index in [2.05, 4.69) is 10.1 Å². The van der Waals surface area contributed by atoms with E-state index in [4.69, 9.17) is 18.7 Å². The lowest BCUT2D eigenvalue weighted by atomic mass is 10.2. The molecular weight excluding hydrogens is 332 g/mol. The van der Waals surface area contributed by atoms with E-state index in [-0.39, 0.29) is 12.5 Å². The first-order valence-electron chi connectivity index (χ1n) is 7.23. The normalized spacial score (nSPS) is 12.8. The molecule has 0 radical (unpaired) electrons. The van der Waals surface area contributed by atoms with E-state index in [1.165, 1.54) is 11.3 Å². The number of rotatable bonds is 4. The highest BCUT2D eigenvalue weighted by atomic mass is 32.1. The maximum atomic E-state index is 12.1. The van der Waals surface area contributed by atoms with Gasteiger partial charge in [-0.25, -0.2) is 4.79 Å². The molecule has 0 unspecified atom stereocenters. The number of hydrogen-bond acceptors (Lipinski definition) is 8. The van der Waals surface area contributed by atoms with Crippen molar-refractivity contribution >= 4 is 17.3 Å². The molecule has 0 atom stereocenters. The molecule has 1 aliphatic heterocycles. The smallest absolute Gasteiger partial charge is 0.338 e. The van der Waals surface area contributed by atoms with Crippen LogP contribution < -0.4 is 9.47 Å². The summed E-state index contributed by atoms with van der Waals surface area (Å²) < 4.78 is 21.2. The largest absolute Gasteiger partial charge is 0.486 e. The number of nitrogens with zero attached hydrogens (tertiary/aromatic N) is 2. The molecule has 0 bridgehead atoms. The summed E-state index contributed by atoms with van der Waals surface area (Å²) in [5, 5.41) is 5.79. The number of thiophene rings is 1. The molecule has 1 aliphatic rings. The quantitative estimate of drug-likeness (QED) is 0.673. The van der Waals surface area contributed by atoms with Crippen molar-refractivity contribution in [2.75, 3.05) is 13.2 Å². The van der Waals surface area contributed by atoms with Crippen molar-refractivity contribution < 1.29 is 23.5 Å². The van der Waals surface area contributed by atoms with Crippen LogP contribution in [0.4, 0.5) is 0 Å². The number of fused-ring (bicyclic) bond motifs is 1. The number of carbonyl (C=O) groups is 1. The maximum Gasteiger partial charge on any atom is 0.338 e. The second kappa shape index (κ2) is 6.32. The van der Waals surface area contributed by atoms with E-state index >= 15 is 0 Å². The van der Waals surface area contributed by atoms with Crippen LogP contribution in [0.2, 0.25) is 0 Å². The van der Waals surface area contributed by atoms with Gasteiger partial charge in [0.15, 0.2) is 18.1 Å². The highest BCUT2D eigenvalue weighted by Gasteiger charge is 2.17. The number of carbonyl (C=O) groups excluding carboxylic acids is 1. The van der Waals surface area contributed by atoms with Crippen LogP contribution in [0.3, 0.4) is 0 Å². The van der Waals surface area contributed by atoms with E-state index in [0.717, 1.165) is 4.88 Å². The fraction of sp³-hybridized carbons (Fsp3) is 0.188. The van der Waals surface area contributed by atoms with Crippen LogP contribution in [-0.4, -0.2) is 29.3 Å². The van der Waals surface area contributed by atoms with Crippen molar-refractivity contribution in [1.29, 1.82) is 0 Å². The average molecular weight is 344 g/mol. The number of esters is 1. The molecule has 24 heavy (non-hydrogen) atoms. The van der Waals surface area contributed by atoms with Gasteiger partial charge in [-0.05, 0) is 29.6 Å². The predicted octanol–water partition coefficient (Wildman–Crippen LogP) is 2.93. The van der Waals surface area contributed by atoms with Gasteiger partial charge in [-0.2, -0.15) is 4.98 Å². The molecule has 1 aromatic carbocycles. The second-order valence-electron chi connectivity index (χ2n) is 4.92. The van der Waals surface area contributed by atoms with E-state index < -0.39 is 5.97 Å². The molecule has 0 N–H and O–H groups in total. The highest BCUT2D eigenvalue weighted by Crippen LogP contribution is 2.31. The third kappa shape index (κ3) is 2.95. The van der Waals surface area contributed by atoms with Crippen LogP contribution in [0.25, 0.3) is 10.7 Å². The van der Waals surface area contributed by atoms with Gasteiger partial charge < -0.3 is 18.7 Å². The van der Waals surface area contributed by atoms with Crippen molar-refractivity contribution in [2.45, 2.75) is 6.61 Å². The zero-order valence-electron chi connectivity index (χ0n) is 12.4. The topological polar surface area (TPSA) is 83.7 Å². The van der Waals surface area contributed by atoms with Gasteiger partial charge in [0.25, 0.3) is 5.89 Å². The number of benzene rings is 1. The van der Waals surface area contributed by atoms with Crippen LogP contribution in [0.1, 0.15) is 16.2 Å². The molecule has 3 heterocycles. The summed E-state index contributed by atoms with van der Waals surface area (Å²) in [4.78, 5) is 17.2. The Bertz CT molecular complexity index is 859. The minimum Gasteiger partial charge on any atom is -0.486 e. The Labute approximate surface area is 140 Å². The lowest BCUT2D eigenvalue weighted by molar-refractivity contribution is 0.0429. The highest BCUT2D eigenvalue weighted by molar-refractivity contribution is 7.13. The average Bonchev–Trinajstić information content (AvgIpc) is 3.30. The second-order valence-corrected chi connectivity index (χ2v) is 5.87. The van der Waals surface area contributed by atoms with Crippen LogP contribution in [0.5, 0.6) is 11.5 Å². The van der Waals surface area contributed by atoms with Crippen LogP contribution in [0.15, 0.2) is 40.2 Å². The number of aromatic nitrogens is 2. The van der Waals surface area contributed by atoms with E-state index in [1.54, 1.807) is 18.2 Å². The first kappa shape index (κ1) is 14.7. The summed E-state index contributed by atoms with van der Waals surface area (Å²) in [5.74, 6) is 1.38. The van der Waals surface area contributed by atoms with Crippen LogP contribution in [-0.2, 0) is 11.3 Å². The van der Waals surface area contributed by atoms with Gasteiger partial charge in [-0.1, -0.05) is 11.2 Å². The molecule has 0 fully saturated rings. The molecule has 0 saturated heterocycles. The van der Waals surface area contributed by atoms with Gasteiger partial charge in [-0.3, -0.25) is 0 Å². The van der Waals surface area contributed by atoms with E-state index in [0.29, 0.717) is 36.1 Å². The third-order valence-corrected chi connectivity index (χ3v) is 4.18. The standard InChI is InChI=1S/C16H12N2O5S/c19-16(10-3-4-11-12(8-10)21-6-5-20-11)22-9-14-17-15(18-23-14)13-2-1-7-24-13/h1-4,7-8H,5-6,9H2. The predicted molar refractivity (Wildman–Crippen MR) is 84.2 cm³/mol. The first-order chi connectivity index (χ1) is 11.8. The molecular formula is C16H12N2O5S. The summed E-state index contributed by atoms with van der Waals surface area (Å²) in [6.07, 6.45) is 0. The Morgan fingerprint density at radius 1 is 1.21 bits per heavy atom. The minimum atomic E-state index is -0.497. The summed E-state index contributed by atoms with van der Waals surface area (Å²) in [5.41, 5.74) is 0.372. The van der Waals surface area contributed by atoms with Gasteiger partial charge in [0.1, 0.15) is 13.2 Å². The Balaban J connectivity index is 1.41. The summed E-state index contributed by atoms with van der Waals surface area (Å²) in [6, 6.07) is 8.70. The van der Waals surface area contributed by atoms with Crippen LogP contribution in [0, 0.1) is 0 Å². The lowest BCUT2D eigenvalue weighted by Crippen LogP contribution is -2.16. The Morgan fingerprint density at radius 2 is 2.08 bits per heavy atom. The Morgan fingerprint density at radius 3 is 2.92 bits per heavy atom. The van der Waals surface area contributed by atoms with Gasteiger partial charge in [0.2, 0.25) is 5.82 Å². The fourth-order valence-electron chi connectivity index (χ4n) is 2.20. The van der Waals surface area contributed by atoms with Crippen molar-refractivity contribution in [3.63, 3.8) is 0 Å². The number of ether oxygens (including phenoxy) is 3. The van der Waals surface area contributed by atoms with Gasteiger partial charge in [-0.15, -0.1) is 11.3 Å². The zero-order valence-corrected chi connectivity index (χ0v) is 13.2. The van der Waals surface area contributed by atoms with Crippen LogP contribution >= 0.6 is 11.3 Å². The van der Waals surface area contributed by atoms with Gasteiger partial charge in [0, 0.05) is 0 Å². The monoisotopic (exact) mass is 344 g/mol. The maximum absolute atomic E-state index is 12.1. The molecule has 2 aromatic heterocycles. The number of hydrogen-bond donors (Lipinski definition) is 0. The van der Waals surface area contributed by atoms with E-state index in [1.807, 2.05) is 17.5 Å². The molecule has 8 heteroatoms. The Kier molecular flexibility index (Phi) is 3.87. The van der Waals surface area contributed by atoms with Crippen molar-refractivity contribution in [2.24, 2.45) is 0 Å². The van der Waals surface area contributed by atoms with Crippen molar-refractivity contribution in [3.05, 3.63) is 47.2 Å². The van der Waals surface area contributed by atoms with E-state index in [9.17, 15) is 4.79 Å². The minimum absolute atomic E-state index is 0.0916. The molecule has 0 aliphatic carbocycles. The van der Waals surface area contributed by atoms with Crippen molar-refractivity contribution in [1.82, 2.24) is 10.1 Å². The van der Waals surface area contributed by atoms with Gasteiger partial charge in [0.05, 0.1) is 10.4 Å². The zero-order chi connectivity index (χ0) is 16.4. The molecule has 4 rings (SSSR count). The third-order valence-electron chi connectivity index (χ3n) is 3.31. The summed E-state index contributed by atoms with van der Waals surface area (Å²) in [6.45, 7) is 0.866. The molecule has 122 valence electrons. The van der Waals surface area contributed by atoms with Gasteiger partial charge >= 0.3 is 5.97 Å². The molecule has 0 spiro atoms. The Hall–Kier alpha value is -2.87. The fourth-order valence-corrected chi connectivity index (χ4v) is 2.85.